The van der Waals surface area contributed by atoms with Crippen molar-refractivity contribution in [2.45, 2.75) is 39.7 Å². The maximum Gasteiger partial charge on any atom is 0.228 e. The summed E-state index contributed by atoms with van der Waals surface area (Å²) in [7, 11) is 1.76. The number of aromatic nitrogens is 2. The van der Waals surface area contributed by atoms with Crippen LogP contribution in [0.15, 0.2) is 33.8 Å². The summed E-state index contributed by atoms with van der Waals surface area (Å²) in [6, 6.07) is 8.44. The Kier molecular flexibility index (Phi) is 6.14. The van der Waals surface area contributed by atoms with Crippen molar-refractivity contribution < 1.29 is 4.52 Å². The molecule has 0 spiro atoms. The van der Waals surface area contributed by atoms with Gasteiger partial charge in [0.25, 0.3) is 0 Å². The second kappa shape index (κ2) is 8.31. The third-order valence-corrected chi connectivity index (χ3v) is 3.44. The lowest BCUT2D eigenvalue weighted by molar-refractivity contribution is 0.371. The SMILES string of the molecule is CN=C(NCCc1nc(C(C)C)no1)NCc1ccc(C)cc1. The summed E-state index contributed by atoms with van der Waals surface area (Å²) in [4.78, 5) is 8.57. The molecular formula is C17H25N5O. The van der Waals surface area contributed by atoms with E-state index in [1.54, 1.807) is 7.05 Å². The normalized spacial score (nSPS) is 11.8. The third-order valence-electron chi connectivity index (χ3n) is 3.44. The van der Waals surface area contributed by atoms with Gasteiger partial charge in [0.1, 0.15) is 0 Å². The van der Waals surface area contributed by atoms with Crippen LogP contribution in [-0.4, -0.2) is 29.7 Å². The molecule has 0 amide bonds. The van der Waals surface area contributed by atoms with Crippen LogP contribution in [0.25, 0.3) is 0 Å². The zero-order chi connectivity index (χ0) is 16.7. The fourth-order valence-corrected chi connectivity index (χ4v) is 2.00. The van der Waals surface area contributed by atoms with Gasteiger partial charge in [-0.2, -0.15) is 4.98 Å². The Morgan fingerprint density at radius 1 is 1.22 bits per heavy atom. The molecule has 0 saturated heterocycles. The van der Waals surface area contributed by atoms with E-state index >= 15 is 0 Å². The molecule has 6 nitrogen and oxygen atoms in total. The van der Waals surface area contributed by atoms with Gasteiger partial charge in [0.15, 0.2) is 11.8 Å². The van der Waals surface area contributed by atoms with E-state index in [2.05, 4.69) is 57.0 Å². The lowest BCUT2D eigenvalue weighted by Crippen LogP contribution is -2.37. The van der Waals surface area contributed by atoms with Crippen LogP contribution in [0.1, 0.15) is 42.6 Å². The first-order valence-corrected chi connectivity index (χ1v) is 7.91. The van der Waals surface area contributed by atoms with Gasteiger partial charge < -0.3 is 15.2 Å². The molecular weight excluding hydrogens is 290 g/mol. The molecule has 0 atom stereocenters. The molecule has 1 heterocycles. The highest BCUT2D eigenvalue weighted by Crippen LogP contribution is 2.09. The molecule has 0 saturated carbocycles. The van der Waals surface area contributed by atoms with Crippen LogP contribution in [0.4, 0.5) is 0 Å². The minimum absolute atomic E-state index is 0.282. The minimum Gasteiger partial charge on any atom is -0.356 e. The quantitative estimate of drug-likeness (QED) is 0.632. The van der Waals surface area contributed by atoms with Crippen molar-refractivity contribution in [1.29, 1.82) is 0 Å². The van der Waals surface area contributed by atoms with Gasteiger partial charge in [-0.3, -0.25) is 4.99 Å². The van der Waals surface area contributed by atoms with E-state index in [1.807, 2.05) is 13.8 Å². The highest BCUT2D eigenvalue weighted by Gasteiger charge is 2.09. The molecule has 0 fully saturated rings. The van der Waals surface area contributed by atoms with Crippen LogP contribution in [0.3, 0.4) is 0 Å². The Labute approximate surface area is 137 Å². The number of hydrogen-bond donors (Lipinski definition) is 2. The van der Waals surface area contributed by atoms with E-state index in [1.165, 1.54) is 11.1 Å². The van der Waals surface area contributed by atoms with Gasteiger partial charge in [0.05, 0.1) is 0 Å². The molecule has 0 aliphatic rings. The van der Waals surface area contributed by atoms with Crippen LogP contribution in [0, 0.1) is 6.92 Å². The van der Waals surface area contributed by atoms with Crippen LogP contribution in [0.2, 0.25) is 0 Å². The van der Waals surface area contributed by atoms with Gasteiger partial charge in [0, 0.05) is 32.5 Å². The topological polar surface area (TPSA) is 75.3 Å². The Morgan fingerprint density at radius 2 is 1.96 bits per heavy atom. The Morgan fingerprint density at radius 3 is 2.57 bits per heavy atom. The van der Waals surface area contributed by atoms with Gasteiger partial charge >= 0.3 is 0 Å². The molecule has 0 aliphatic carbocycles. The average Bonchev–Trinajstić information content (AvgIpc) is 3.01. The molecule has 1 aromatic carbocycles. The van der Waals surface area contributed by atoms with Crippen LogP contribution >= 0.6 is 0 Å². The van der Waals surface area contributed by atoms with Crippen molar-refractivity contribution in [3.8, 4) is 0 Å². The summed E-state index contributed by atoms with van der Waals surface area (Å²) in [5, 5.41) is 10.5. The average molecular weight is 315 g/mol. The number of benzene rings is 1. The zero-order valence-electron chi connectivity index (χ0n) is 14.3. The minimum atomic E-state index is 0.282. The van der Waals surface area contributed by atoms with E-state index in [0.717, 1.165) is 18.3 Å². The lowest BCUT2D eigenvalue weighted by atomic mass is 10.1. The predicted octanol–water partition coefficient (Wildman–Crippen LogP) is 2.41. The number of hydrogen-bond acceptors (Lipinski definition) is 4. The summed E-state index contributed by atoms with van der Waals surface area (Å²) >= 11 is 0. The smallest absolute Gasteiger partial charge is 0.228 e. The summed E-state index contributed by atoms with van der Waals surface area (Å²) in [5.41, 5.74) is 2.48. The fraction of sp³-hybridized carbons (Fsp3) is 0.471. The number of aliphatic imine (C=N–C) groups is 1. The summed E-state index contributed by atoms with van der Waals surface area (Å²) in [6.07, 6.45) is 0.672. The van der Waals surface area contributed by atoms with Crippen LogP contribution in [-0.2, 0) is 13.0 Å². The first kappa shape index (κ1) is 17.0. The molecule has 2 rings (SSSR count). The highest BCUT2D eigenvalue weighted by atomic mass is 16.5. The number of aryl methyl sites for hydroxylation is 1. The molecule has 0 unspecified atom stereocenters. The van der Waals surface area contributed by atoms with E-state index < -0.39 is 0 Å². The third kappa shape index (κ3) is 5.39. The van der Waals surface area contributed by atoms with Gasteiger partial charge in [-0.25, -0.2) is 0 Å². The molecule has 0 aliphatic heterocycles. The fourth-order valence-electron chi connectivity index (χ4n) is 2.00. The summed E-state index contributed by atoms with van der Waals surface area (Å²) in [6.45, 7) is 7.60. The van der Waals surface area contributed by atoms with Crippen molar-refractivity contribution >= 4 is 5.96 Å². The van der Waals surface area contributed by atoms with Gasteiger partial charge in [-0.15, -0.1) is 0 Å². The van der Waals surface area contributed by atoms with Gasteiger partial charge in [-0.1, -0.05) is 48.8 Å². The molecule has 0 radical (unpaired) electrons. The number of rotatable bonds is 6. The molecule has 6 heteroatoms. The summed E-state index contributed by atoms with van der Waals surface area (Å²) in [5.74, 6) is 2.44. The van der Waals surface area contributed by atoms with E-state index in [0.29, 0.717) is 18.9 Å². The standard InChI is InChI=1S/C17H25N5O/c1-12(2)16-21-15(23-22-16)9-10-19-17(18-4)20-11-14-7-5-13(3)6-8-14/h5-8,12H,9-11H2,1-4H3,(H2,18,19,20). The predicted molar refractivity (Wildman–Crippen MR) is 91.5 cm³/mol. The highest BCUT2D eigenvalue weighted by molar-refractivity contribution is 5.79. The first-order chi connectivity index (χ1) is 11.1. The molecule has 1 aromatic heterocycles. The van der Waals surface area contributed by atoms with Crippen molar-refractivity contribution in [2.75, 3.05) is 13.6 Å². The van der Waals surface area contributed by atoms with E-state index in [-0.39, 0.29) is 5.92 Å². The van der Waals surface area contributed by atoms with Crippen molar-refractivity contribution in [1.82, 2.24) is 20.8 Å². The maximum absolute atomic E-state index is 5.22. The van der Waals surface area contributed by atoms with Gasteiger partial charge in [-0.05, 0) is 12.5 Å². The van der Waals surface area contributed by atoms with Crippen molar-refractivity contribution in [3.63, 3.8) is 0 Å². The Balaban J connectivity index is 1.75. The number of guanidine groups is 1. The molecule has 23 heavy (non-hydrogen) atoms. The molecule has 2 N–H and O–H groups in total. The zero-order valence-corrected chi connectivity index (χ0v) is 14.3. The first-order valence-electron chi connectivity index (χ1n) is 7.91. The number of nitrogens with zero attached hydrogens (tertiary/aromatic N) is 3. The second-order valence-electron chi connectivity index (χ2n) is 5.79. The Hall–Kier alpha value is -2.37. The Bertz CT molecular complexity index is 631. The molecule has 2 aromatic rings. The maximum atomic E-state index is 5.22. The monoisotopic (exact) mass is 315 g/mol. The summed E-state index contributed by atoms with van der Waals surface area (Å²) < 4.78 is 5.22. The molecule has 124 valence electrons. The van der Waals surface area contributed by atoms with Crippen LogP contribution < -0.4 is 10.6 Å². The number of nitrogens with one attached hydrogen (secondary N) is 2. The van der Waals surface area contributed by atoms with Crippen LogP contribution in [0.5, 0.6) is 0 Å². The van der Waals surface area contributed by atoms with Crippen molar-refractivity contribution in [2.24, 2.45) is 4.99 Å². The van der Waals surface area contributed by atoms with E-state index in [4.69, 9.17) is 4.52 Å². The lowest BCUT2D eigenvalue weighted by Gasteiger charge is -2.11. The van der Waals surface area contributed by atoms with Crippen molar-refractivity contribution in [3.05, 3.63) is 47.1 Å². The molecule has 0 bridgehead atoms. The second-order valence-corrected chi connectivity index (χ2v) is 5.79. The van der Waals surface area contributed by atoms with E-state index in [9.17, 15) is 0 Å². The van der Waals surface area contributed by atoms with Gasteiger partial charge in [0.2, 0.25) is 5.89 Å². The largest absolute Gasteiger partial charge is 0.356 e.